The molecule has 0 aromatic heterocycles. The maximum Gasteiger partial charge on any atom is 0.335 e. The molecule has 1 rings (SSSR count). The van der Waals surface area contributed by atoms with Crippen molar-refractivity contribution in [3.05, 3.63) is 22.2 Å². The molecule has 1 aromatic rings. The van der Waals surface area contributed by atoms with Gasteiger partial charge in [-0.2, -0.15) is 0 Å². The van der Waals surface area contributed by atoms with E-state index < -0.39 is 24.5 Å². The summed E-state index contributed by atoms with van der Waals surface area (Å²) in [5.41, 5.74) is 4.76. The van der Waals surface area contributed by atoms with Crippen molar-refractivity contribution in [2.75, 3.05) is 13.7 Å². The first-order valence-corrected chi connectivity index (χ1v) is 5.97. The molecular weight excluding hydrogens is 336 g/mol. The zero-order valence-electron chi connectivity index (χ0n) is 10.3. The lowest BCUT2D eigenvalue weighted by Crippen LogP contribution is -2.38. The molecule has 0 aliphatic rings. The first kappa shape index (κ1) is 15.8. The molecule has 0 saturated heterocycles. The van der Waals surface area contributed by atoms with Crippen molar-refractivity contribution in [1.82, 2.24) is 5.32 Å². The summed E-state index contributed by atoms with van der Waals surface area (Å²) in [6.45, 7) is -0.482. The minimum Gasteiger partial charge on any atom is -0.493 e. The van der Waals surface area contributed by atoms with Gasteiger partial charge in [-0.3, -0.25) is 10.1 Å². The van der Waals surface area contributed by atoms with Gasteiger partial charge >= 0.3 is 12.0 Å². The molecule has 0 saturated carbocycles. The van der Waals surface area contributed by atoms with E-state index in [0.29, 0.717) is 4.47 Å². The van der Waals surface area contributed by atoms with E-state index in [1.165, 1.54) is 19.2 Å². The van der Waals surface area contributed by atoms with Crippen LogP contribution in [0.5, 0.6) is 11.5 Å². The normalized spacial score (nSPS) is 9.70. The van der Waals surface area contributed by atoms with Gasteiger partial charge in [0.15, 0.2) is 18.1 Å². The Bertz CT molecular complexity index is 560. The second-order valence-electron chi connectivity index (χ2n) is 3.50. The Hall–Kier alpha value is -2.29. The SMILES string of the molecule is COc1cc(C(=O)O)cc(Br)c1OCC(=O)NC(N)=O. The van der Waals surface area contributed by atoms with Crippen LogP contribution in [0.3, 0.4) is 0 Å². The van der Waals surface area contributed by atoms with E-state index in [4.69, 9.17) is 20.3 Å². The second kappa shape index (κ2) is 6.75. The quantitative estimate of drug-likeness (QED) is 0.720. The van der Waals surface area contributed by atoms with Crippen LogP contribution < -0.4 is 20.5 Å². The lowest BCUT2D eigenvalue weighted by molar-refractivity contribution is -0.121. The molecule has 0 atom stereocenters. The molecule has 4 N–H and O–H groups in total. The van der Waals surface area contributed by atoms with Gasteiger partial charge in [-0.05, 0) is 28.1 Å². The molecule has 0 fully saturated rings. The van der Waals surface area contributed by atoms with Crippen LogP contribution in [0.1, 0.15) is 10.4 Å². The molecule has 3 amide bonds. The molecular formula is C11H11BrN2O6. The number of amides is 3. The fourth-order valence-corrected chi connectivity index (χ4v) is 1.85. The summed E-state index contributed by atoms with van der Waals surface area (Å²) >= 11 is 3.12. The number of primary amides is 1. The summed E-state index contributed by atoms with van der Waals surface area (Å²) in [4.78, 5) is 32.6. The Morgan fingerprint density at radius 3 is 2.55 bits per heavy atom. The zero-order valence-corrected chi connectivity index (χ0v) is 11.9. The third kappa shape index (κ3) is 4.12. The van der Waals surface area contributed by atoms with Crippen molar-refractivity contribution in [2.24, 2.45) is 5.73 Å². The van der Waals surface area contributed by atoms with Crippen LogP contribution in [0, 0.1) is 0 Å². The van der Waals surface area contributed by atoms with Gasteiger partial charge in [0.1, 0.15) is 0 Å². The number of benzene rings is 1. The maximum absolute atomic E-state index is 11.2. The van der Waals surface area contributed by atoms with Crippen LogP contribution in [-0.4, -0.2) is 36.7 Å². The zero-order chi connectivity index (χ0) is 15.3. The van der Waals surface area contributed by atoms with Crippen LogP contribution in [0.15, 0.2) is 16.6 Å². The molecule has 0 unspecified atom stereocenters. The number of nitrogens with two attached hydrogens (primary N) is 1. The molecule has 0 heterocycles. The van der Waals surface area contributed by atoms with Crippen LogP contribution in [0.25, 0.3) is 0 Å². The number of carbonyl (C=O) groups excluding carboxylic acids is 2. The molecule has 0 spiro atoms. The number of hydrogen-bond acceptors (Lipinski definition) is 5. The molecule has 0 aliphatic carbocycles. The first-order valence-electron chi connectivity index (χ1n) is 5.18. The molecule has 9 heteroatoms. The highest BCUT2D eigenvalue weighted by Crippen LogP contribution is 2.36. The van der Waals surface area contributed by atoms with Crippen molar-refractivity contribution in [3.8, 4) is 11.5 Å². The number of urea groups is 1. The highest BCUT2D eigenvalue weighted by atomic mass is 79.9. The van der Waals surface area contributed by atoms with Gasteiger partial charge in [0, 0.05) is 0 Å². The van der Waals surface area contributed by atoms with Gasteiger partial charge in [0.05, 0.1) is 17.1 Å². The van der Waals surface area contributed by atoms with Crippen LogP contribution >= 0.6 is 15.9 Å². The van der Waals surface area contributed by atoms with Crippen LogP contribution in [-0.2, 0) is 4.79 Å². The number of imide groups is 1. The number of carboxylic acids is 1. The summed E-state index contributed by atoms with van der Waals surface area (Å²) in [5, 5.41) is 10.7. The van der Waals surface area contributed by atoms with Crippen LogP contribution in [0.4, 0.5) is 4.79 Å². The van der Waals surface area contributed by atoms with Crippen molar-refractivity contribution in [1.29, 1.82) is 0 Å². The van der Waals surface area contributed by atoms with E-state index in [-0.39, 0.29) is 17.1 Å². The van der Waals surface area contributed by atoms with Crippen molar-refractivity contribution < 1.29 is 29.0 Å². The van der Waals surface area contributed by atoms with Crippen LogP contribution in [0.2, 0.25) is 0 Å². The highest BCUT2D eigenvalue weighted by molar-refractivity contribution is 9.10. The number of aromatic carboxylic acids is 1. The summed E-state index contributed by atoms with van der Waals surface area (Å²) in [6.07, 6.45) is 0. The van der Waals surface area contributed by atoms with E-state index in [0.717, 1.165) is 0 Å². The Balaban J connectivity index is 2.92. The number of rotatable bonds is 5. The summed E-state index contributed by atoms with van der Waals surface area (Å²) in [6, 6.07) is 1.55. The topological polar surface area (TPSA) is 128 Å². The second-order valence-corrected chi connectivity index (χ2v) is 4.35. The number of ether oxygens (including phenoxy) is 2. The fourth-order valence-electron chi connectivity index (χ4n) is 1.29. The van der Waals surface area contributed by atoms with E-state index in [1.54, 1.807) is 0 Å². The molecule has 0 aliphatic heterocycles. The van der Waals surface area contributed by atoms with Gasteiger partial charge < -0.3 is 20.3 Å². The molecule has 108 valence electrons. The van der Waals surface area contributed by atoms with E-state index in [2.05, 4.69) is 15.9 Å². The largest absolute Gasteiger partial charge is 0.493 e. The third-order valence-electron chi connectivity index (χ3n) is 2.09. The van der Waals surface area contributed by atoms with E-state index in [9.17, 15) is 14.4 Å². The van der Waals surface area contributed by atoms with Crippen molar-refractivity contribution >= 4 is 33.8 Å². The highest BCUT2D eigenvalue weighted by Gasteiger charge is 2.16. The Morgan fingerprint density at radius 2 is 2.05 bits per heavy atom. The Labute approximate surface area is 122 Å². The minimum absolute atomic E-state index is 0.0114. The molecule has 1 aromatic carbocycles. The maximum atomic E-state index is 11.2. The first-order chi connectivity index (χ1) is 9.35. The summed E-state index contributed by atoms with van der Waals surface area (Å²) < 4.78 is 10.5. The summed E-state index contributed by atoms with van der Waals surface area (Å²) in [5.74, 6) is -1.61. The summed E-state index contributed by atoms with van der Waals surface area (Å²) in [7, 11) is 1.32. The lowest BCUT2D eigenvalue weighted by Gasteiger charge is -2.12. The van der Waals surface area contributed by atoms with E-state index in [1.807, 2.05) is 5.32 Å². The van der Waals surface area contributed by atoms with Gasteiger partial charge in [0.25, 0.3) is 5.91 Å². The number of methoxy groups -OCH3 is 1. The molecule has 8 nitrogen and oxygen atoms in total. The van der Waals surface area contributed by atoms with Gasteiger partial charge in [-0.1, -0.05) is 0 Å². The fraction of sp³-hybridized carbons (Fsp3) is 0.182. The Kier molecular flexibility index (Phi) is 5.32. The number of carboxylic acid groups (broad SMARTS) is 1. The minimum atomic E-state index is -1.14. The van der Waals surface area contributed by atoms with Crippen molar-refractivity contribution in [2.45, 2.75) is 0 Å². The number of halogens is 1. The predicted molar refractivity (Wildman–Crippen MR) is 70.9 cm³/mol. The van der Waals surface area contributed by atoms with Gasteiger partial charge in [0.2, 0.25) is 0 Å². The van der Waals surface area contributed by atoms with Gasteiger partial charge in [-0.15, -0.1) is 0 Å². The average molecular weight is 347 g/mol. The van der Waals surface area contributed by atoms with E-state index >= 15 is 0 Å². The average Bonchev–Trinajstić information content (AvgIpc) is 2.35. The van der Waals surface area contributed by atoms with Gasteiger partial charge in [-0.25, -0.2) is 9.59 Å². The number of hydrogen-bond donors (Lipinski definition) is 3. The standard InChI is InChI=1S/C11H11BrN2O6/c1-19-7-3-5(10(16)17)2-6(12)9(7)20-4-8(15)14-11(13)18/h2-3H,4H2,1H3,(H,16,17)(H3,13,14,15,18). The predicted octanol–water partition coefficient (Wildman–Crippen LogP) is 0.730. The number of nitrogens with one attached hydrogen (secondary N) is 1. The molecule has 0 bridgehead atoms. The molecule has 0 radical (unpaired) electrons. The Morgan fingerprint density at radius 1 is 1.40 bits per heavy atom. The smallest absolute Gasteiger partial charge is 0.335 e. The number of carbonyl (C=O) groups is 3. The molecule has 20 heavy (non-hydrogen) atoms. The monoisotopic (exact) mass is 346 g/mol. The third-order valence-corrected chi connectivity index (χ3v) is 2.68. The lowest BCUT2D eigenvalue weighted by atomic mass is 10.2. The van der Waals surface area contributed by atoms with Crippen molar-refractivity contribution in [3.63, 3.8) is 0 Å².